The summed E-state index contributed by atoms with van der Waals surface area (Å²) >= 11 is 6.24. The Labute approximate surface area is 125 Å². The quantitative estimate of drug-likeness (QED) is 0.701. The molecule has 0 fully saturated rings. The topological polar surface area (TPSA) is 17.1 Å². The molecule has 0 amide bonds. The van der Waals surface area contributed by atoms with Crippen LogP contribution in [0.5, 0.6) is 0 Å². The van der Waals surface area contributed by atoms with Gasteiger partial charge in [-0.2, -0.15) is 0 Å². The second-order valence-electron chi connectivity index (χ2n) is 5.40. The molecule has 2 aromatic carbocycles. The van der Waals surface area contributed by atoms with Crippen LogP contribution in [0.2, 0.25) is 5.02 Å². The Bertz CT molecular complexity index is 653. The first-order valence-corrected chi connectivity index (χ1v) is 7.09. The largest absolute Gasteiger partial charge is 0.289 e. The molecule has 2 heteroatoms. The lowest BCUT2D eigenvalue weighted by molar-refractivity contribution is 0.103. The summed E-state index contributed by atoms with van der Waals surface area (Å²) in [5.74, 6) is 0.0231. The van der Waals surface area contributed by atoms with Crippen molar-refractivity contribution in [1.29, 1.82) is 0 Å². The van der Waals surface area contributed by atoms with Gasteiger partial charge < -0.3 is 0 Å². The van der Waals surface area contributed by atoms with Crippen molar-refractivity contribution in [3.8, 4) is 0 Å². The summed E-state index contributed by atoms with van der Waals surface area (Å²) in [6.45, 7) is 10.0. The third-order valence-corrected chi connectivity index (χ3v) is 4.36. The second kappa shape index (κ2) is 5.41. The summed E-state index contributed by atoms with van der Waals surface area (Å²) in [6.07, 6.45) is 0. The minimum atomic E-state index is 0.0231. The van der Waals surface area contributed by atoms with Crippen LogP contribution in [0, 0.1) is 34.6 Å². The molecule has 104 valence electrons. The first kappa shape index (κ1) is 14.8. The average Bonchev–Trinajstić information content (AvgIpc) is 2.36. The van der Waals surface area contributed by atoms with Crippen molar-refractivity contribution in [3.63, 3.8) is 0 Å². The molecule has 0 spiro atoms. The highest BCUT2D eigenvalue weighted by Gasteiger charge is 2.20. The smallest absolute Gasteiger partial charge is 0.195 e. The summed E-state index contributed by atoms with van der Waals surface area (Å²) in [5.41, 5.74) is 6.68. The van der Waals surface area contributed by atoms with E-state index in [1.165, 1.54) is 0 Å². The molecular formula is C18H19ClO. The van der Waals surface area contributed by atoms with Crippen molar-refractivity contribution in [2.45, 2.75) is 34.6 Å². The summed E-state index contributed by atoms with van der Waals surface area (Å²) < 4.78 is 0. The van der Waals surface area contributed by atoms with Crippen LogP contribution in [-0.4, -0.2) is 5.78 Å². The van der Waals surface area contributed by atoms with E-state index in [1.54, 1.807) is 6.07 Å². The molecule has 0 bridgehead atoms. The molecule has 0 heterocycles. The lowest BCUT2D eigenvalue weighted by atomic mass is 9.88. The van der Waals surface area contributed by atoms with Crippen LogP contribution in [-0.2, 0) is 0 Å². The third kappa shape index (κ3) is 2.38. The van der Waals surface area contributed by atoms with Gasteiger partial charge in [-0.3, -0.25) is 4.79 Å². The molecule has 0 aliphatic rings. The highest BCUT2D eigenvalue weighted by atomic mass is 35.5. The van der Waals surface area contributed by atoms with Gasteiger partial charge in [-0.25, -0.2) is 0 Å². The van der Waals surface area contributed by atoms with Crippen molar-refractivity contribution in [1.82, 2.24) is 0 Å². The Balaban J connectivity index is 2.72. The van der Waals surface area contributed by atoms with E-state index >= 15 is 0 Å². The van der Waals surface area contributed by atoms with Gasteiger partial charge in [0.25, 0.3) is 0 Å². The number of benzene rings is 2. The zero-order valence-corrected chi connectivity index (χ0v) is 13.4. The van der Waals surface area contributed by atoms with Gasteiger partial charge in [-0.1, -0.05) is 29.8 Å². The second-order valence-corrected chi connectivity index (χ2v) is 5.80. The maximum atomic E-state index is 12.9. The lowest BCUT2D eigenvalue weighted by Gasteiger charge is -2.16. The van der Waals surface area contributed by atoms with Crippen LogP contribution in [0.15, 0.2) is 24.3 Å². The lowest BCUT2D eigenvalue weighted by Crippen LogP contribution is -2.11. The Hall–Kier alpha value is -1.60. The molecule has 0 aliphatic carbocycles. The molecule has 2 rings (SSSR count). The molecule has 1 nitrogen and oxygen atoms in total. The fraction of sp³-hybridized carbons (Fsp3) is 0.278. The Kier molecular flexibility index (Phi) is 4.01. The van der Waals surface area contributed by atoms with Crippen LogP contribution in [0.3, 0.4) is 0 Å². The van der Waals surface area contributed by atoms with Gasteiger partial charge in [-0.05, 0) is 68.5 Å². The number of aryl methyl sites for hydroxylation is 3. The molecule has 0 N–H and O–H groups in total. The fourth-order valence-electron chi connectivity index (χ4n) is 2.60. The number of ketones is 1. The Morgan fingerprint density at radius 3 is 1.90 bits per heavy atom. The first-order chi connectivity index (χ1) is 9.34. The average molecular weight is 287 g/mol. The van der Waals surface area contributed by atoms with Crippen molar-refractivity contribution in [2.75, 3.05) is 0 Å². The molecule has 0 saturated heterocycles. The van der Waals surface area contributed by atoms with Crippen LogP contribution >= 0.6 is 11.6 Å². The standard InChI is InChI=1S/C18H19ClO/c1-10-7-6-8-15(19)16(10)18(20)17-13(4)11(2)9-12(3)14(17)5/h6-9H,1-5H3. The molecular weight excluding hydrogens is 268 g/mol. The number of halogens is 1. The molecule has 0 aromatic heterocycles. The third-order valence-electron chi connectivity index (χ3n) is 4.04. The minimum Gasteiger partial charge on any atom is -0.289 e. The van der Waals surface area contributed by atoms with Crippen LogP contribution < -0.4 is 0 Å². The van der Waals surface area contributed by atoms with E-state index in [4.69, 9.17) is 11.6 Å². The number of carbonyl (C=O) groups is 1. The van der Waals surface area contributed by atoms with Gasteiger partial charge in [0.15, 0.2) is 5.78 Å². The Morgan fingerprint density at radius 1 is 0.850 bits per heavy atom. The number of hydrogen-bond acceptors (Lipinski definition) is 1. The monoisotopic (exact) mass is 286 g/mol. The van der Waals surface area contributed by atoms with Gasteiger partial charge in [0.2, 0.25) is 0 Å². The van der Waals surface area contributed by atoms with Crippen LogP contribution in [0.25, 0.3) is 0 Å². The fourth-order valence-corrected chi connectivity index (χ4v) is 2.91. The van der Waals surface area contributed by atoms with Gasteiger partial charge in [0.1, 0.15) is 0 Å². The van der Waals surface area contributed by atoms with Gasteiger partial charge >= 0.3 is 0 Å². The maximum absolute atomic E-state index is 12.9. The molecule has 0 aliphatic heterocycles. The predicted molar refractivity (Wildman–Crippen MR) is 85.0 cm³/mol. The first-order valence-electron chi connectivity index (χ1n) is 6.71. The van der Waals surface area contributed by atoms with Crippen molar-refractivity contribution in [3.05, 3.63) is 68.2 Å². The normalized spacial score (nSPS) is 10.7. The van der Waals surface area contributed by atoms with E-state index in [2.05, 4.69) is 6.07 Å². The van der Waals surface area contributed by atoms with E-state index < -0.39 is 0 Å². The summed E-state index contributed by atoms with van der Waals surface area (Å²) in [5, 5.41) is 0.521. The number of carbonyl (C=O) groups excluding carboxylic acids is 1. The van der Waals surface area contributed by atoms with Crippen LogP contribution in [0.1, 0.15) is 43.7 Å². The molecule has 2 aromatic rings. The van der Waals surface area contributed by atoms with Crippen molar-refractivity contribution >= 4 is 17.4 Å². The zero-order valence-electron chi connectivity index (χ0n) is 12.6. The Morgan fingerprint density at radius 2 is 1.40 bits per heavy atom. The molecule has 0 unspecified atom stereocenters. The zero-order chi connectivity index (χ0) is 15.0. The van der Waals surface area contributed by atoms with Gasteiger partial charge in [-0.15, -0.1) is 0 Å². The summed E-state index contributed by atoms with van der Waals surface area (Å²) in [4.78, 5) is 12.9. The van der Waals surface area contributed by atoms with E-state index in [9.17, 15) is 4.79 Å². The molecule has 0 radical (unpaired) electrons. The van der Waals surface area contributed by atoms with E-state index in [-0.39, 0.29) is 5.78 Å². The molecule has 0 saturated carbocycles. The maximum Gasteiger partial charge on any atom is 0.195 e. The molecule has 0 atom stereocenters. The summed E-state index contributed by atoms with van der Waals surface area (Å²) in [6, 6.07) is 7.69. The number of hydrogen-bond donors (Lipinski definition) is 0. The van der Waals surface area contributed by atoms with Crippen molar-refractivity contribution in [2.24, 2.45) is 0 Å². The van der Waals surface area contributed by atoms with Gasteiger partial charge in [0.05, 0.1) is 5.02 Å². The minimum absolute atomic E-state index is 0.0231. The van der Waals surface area contributed by atoms with Gasteiger partial charge in [0, 0.05) is 11.1 Å². The predicted octanol–water partition coefficient (Wildman–Crippen LogP) is 5.11. The highest BCUT2D eigenvalue weighted by Crippen LogP contribution is 2.28. The SMILES string of the molecule is Cc1cc(C)c(C)c(C(=O)c2c(C)cccc2Cl)c1C. The highest BCUT2D eigenvalue weighted by molar-refractivity contribution is 6.35. The molecule has 20 heavy (non-hydrogen) atoms. The van der Waals surface area contributed by atoms with E-state index in [0.29, 0.717) is 10.6 Å². The van der Waals surface area contributed by atoms with Crippen LogP contribution in [0.4, 0.5) is 0 Å². The van der Waals surface area contributed by atoms with E-state index in [1.807, 2.05) is 46.8 Å². The van der Waals surface area contributed by atoms with Crippen molar-refractivity contribution < 1.29 is 4.79 Å². The summed E-state index contributed by atoms with van der Waals surface area (Å²) in [7, 11) is 0. The van der Waals surface area contributed by atoms with E-state index in [0.717, 1.165) is 33.4 Å². The number of rotatable bonds is 2.